The van der Waals surface area contributed by atoms with Gasteiger partial charge in [0.2, 0.25) is 0 Å². The minimum Gasteiger partial charge on any atom is -0.314 e. The number of nitrogens with zero attached hydrogens (tertiary/aromatic N) is 3. The van der Waals surface area contributed by atoms with E-state index in [0.29, 0.717) is 0 Å². The van der Waals surface area contributed by atoms with Crippen LogP contribution >= 0.6 is 11.6 Å². The molecule has 0 saturated carbocycles. The Hall–Kier alpha value is -0.580. The molecule has 0 spiro atoms. The van der Waals surface area contributed by atoms with Gasteiger partial charge in [0.1, 0.15) is 0 Å². The molecule has 0 aromatic carbocycles. The molecule has 20 heavy (non-hydrogen) atoms. The van der Waals surface area contributed by atoms with Gasteiger partial charge in [-0.1, -0.05) is 18.5 Å². The molecular formula is C15H25ClN4. The molecule has 0 bridgehead atoms. The molecule has 0 radical (unpaired) electrons. The van der Waals surface area contributed by atoms with Gasteiger partial charge >= 0.3 is 0 Å². The van der Waals surface area contributed by atoms with E-state index >= 15 is 0 Å². The summed E-state index contributed by atoms with van der Waals surface area (Å²) in [6, 6.07) is 0.744. The third-order valence-corrected chi connectivity index (χ3v) is 5.29. The predicted molar refractivity (Wildman–Crippen MR) is 82.0 cm³/mol. The molecule has 2 fully saturated rings. The molecule has 3 heterocycles. The van der Waals surface area contributed by atoms with Crippen LogP contribution in [0, 0.1) is 5.92 Å². The van der Waals surface area contributed by atoms with Crippen molar-refractivity contribution in [3.8, 4) is 0 Å². The van der Waals surface area contributed by atoms with Crippen molar-refractivity contribution in [3.05, 3.63) is 16.4 Å². The quantitative estimate of drug-likeness (QED) is 0.928. The molecule has 1 aromatic heterocycles. The number of halogens is 1. The van der Waals surface area contributed by atoms with Crippen LogP contribution in [0.1, 0.15) is 37.6 Å². The number of aromatic nitrogens is 2. The molecule has 4 nitrogen and oxygen atoms in total. The first-order valence-electron chi connectivity index (χ1n) is 7.85. The number of piperidine rings is 2. The summed E-state index contributed by atoms with van der Waals surface area (Å²) in [5.74, 6) is 0.815. The number of nitrogens with one attached hydrogen (secondary N) is 1. The normalized spacial score (nSPS) is 27.6. The van der Waals surface area contributed by atoms with E-state index in [1.165, 1.54) is 38.0 Å². The summed E-state index contributed by atoms with van der Waals surface area (Å²) >= 11 is 6.46. The standard InChI is InChI=1S/C15H25ClN4/c1-3-12-15(16)14(19(2)18-12)10-20-8-6-13-11(9-20)5-4-7-17-13/h11,13,17H,3-10H2,1-2H3. The second-order valence-corrected chi connectivity index (χ2v) is 6.55. The van der Waals surface area contributed by atoms with Crippen LogP contribution in [0.15, 0.2) is 0 Å². The van der Waals surface area contributed by atoms with E-state index in [-0.39, 0.29) is 0 Å². The maximum atomic E-state index is 6.46. The fourth-order valence-corrected chi connectivity index (χ4v) is 4.02. The predicted octanol–water partition coefficient (Wildman–Crippen LogP) is 2.21. The van der Waals surface area contributed by atoms with Crippen LogP contribution in [-0.4, -0.2) is 40.4 Å². The fourth-order valence-electron chi connectivity index (χ4n) is 3.67. The van der Waals surface area contributed by atoms with Crippen LogP contribution in [0.4, 0.5) is 0 Å². The highest BCUT2D eigenvalue weighted by atomic mass is 35.5. The number of hydrogen-bond acceptors (Lipinski definition) is 3. The van der Waals surface area contributed by atoms with Gasteiger partial charge in [-0.2, -0.15) is 5.10 Å². The Kier molecular flexibility index (Phi) is 4.34. The van der Waals surface area contributed by atoms with Crippen molar-refractivity contribution in [1.82, 2.24) is 20.0 Å². The van der Waals surface area contributed by atoms with Crippen LogP contribution in [-0.2, 0) is 20.0 Å². The topological polar surface area (TPSA) is 33.1 Å². The van der Waals surface area contributed by atoms with Gasteiger partial charge in [-0.3, -0.25) is 9.58 Å². The van der Waals surface area contributed by atoms with Crippen molar-refractivity contribution in [2.75, 3.05) is 19.6 Å². The lowest BCUT2D eigenvalue weighted by molar-refractivity contribution is 0.107. The molecule has 2 atom stereocenters. The van der Waals surface area contributed by atoms with Gasteiger partial charge in [-0.25, -0.2) is 0 Å². The summed E-state index contributed by atoms with van der Waals surface area (Å²) < 4.78 is 1.96. The lowest BCUT2D eigenvalue weighted by atomic mass is 9.85. The van der Waals surface area contributed by atoms with Gasteiger partial charge in [0.15, 0.2) is 0 Å². The van der Waals surface area contributed by atoms with Crippen molar-refractivity contribution in [3.63, 3.8) is 0 Å². The minimum absolute atomic E-state index is 0.744. The van der Waals surface area contributed by atoms with Gasteiger partial charge in [0.05, 0.1) is 16.4 Å². The number of fused-ring (bicyclic) bond motifs is 1. The maximum absolute atomic E-state index is 6.46. The van der Waals surface area contributed by atoms with Crippen molar-refractivity contribution < 1.29 is 0 Å². The minimum atomic E-state index is 0.744. The van der Waals surface area contributed by atoms with E-state index < -0.39 is 0 Å². The zero-order valence-electron chi connectivity index (χ0n) is 12.5. The average Bonchev–Trinajstić information content (AvgIpc) is 2.74. The number of aryl methyl sites for hydroxylation is 2. The van der Waals surface area contributed by atoms with Crippen molar-refractivity contribution in [2.24, 2.45) is 13.0 Å². The molecule has 2 aliphatic heterocycles. The Labute approximate surface area is 126 Å². The van der Waals surface area contributed by atoms with E-state index in [1.807, 2.05) is 11.7 Å². The summed E-state index contributed by atoms with van der Waals surface area (Å²) in [5, 5.41) is 9.07. The van der Waals surface area contributed by atoms with Crippen LogP contribution in [0.5, 0.6) is 0 Å². The van der Waals surface area contributed by atoms with Gasteiger partial charge in [-0.05, 0) is 38.1 Å². The third-order valence-electron chi connectivity index (χ3n) is 4.85. The second-order valence-electron chi connectivity index (χ2n) is 6.17. The van der Waals surface area contributed by atoms with Gasteiger partial charge in [0.25, 0.3) is 0 Å². The largest absolute Gasteiger partial charge is 0.314 e. The van der Waals surface area contributed by atoms with Gasteiger partial charge in [0, 0.05) is 32.7 Å². The smallest absolute Gasteiger partial charge is 0.0863 e. The molecular weight excluding hydrogens is 272 g/mol. The van der Waals surface area contributed by atoms with E-state index in [0.717, 1.165) is 42.2 Å². The van der Waals surface area contributed by atoms with Gasteiger partial charge in [-0.15, -0.1) is 0 Å². The highest BCUT2D eigenvalue weighted by Crippen LogP contribution is 2.28. The average molecular weight is 297 g/mol. The first-order valence-corrected chi connectivity index (χ1v) is 8.22. The summed E-state index contributed by atoms with van der Waals surface area (Å²) in [6.45, 7) is 6.61. The fraction of sp³-hybridized carbons (Fsp3) is 0.800. The third kappa shape index (κ3) is 2.74. The Morgan fingerprint density at radius 3 is 3.00 bits per heavy atom. The molecule has 3 rings (SSSR count). The highest BCUT2D eigenvalue weighted by Gasteiger charge is 2.31. The number of hydrogen-bond donors (Lipinski definition) is 1. The number of rotatable bonds is 3. The van der Waals surface area contributed by atoms with Crippen LogP contribution in [0.3, 0.4) is 0 Å². The Balaban J connectivity index is 1.68. The second kappa shape index (κ2) is 6.04. The first kappa shape index (κ1) is 14.4. The lowest BCUT2D eigenvalue weighted by Gasteiger charge is -2.41. The SMILES string of the molecule is CCc1nn(C)c(CN2CCC3NCCCC3C2)c1Cl. The Morgan fingerprint density at radius 2 is 2.25 bits per heavy atom. The Morgan fingerprint density at radius 1 is 1.40 bits per heavy atom. The van der Waals surface area contributed by atoms with E-state index in [2.05, 4.69) is 22.2 Å². The molecule has 5 heteroatoms. The zero-order chi connectivity index (χ0) is 14.1. The zero-order valence-corrected chi connectivity index (χ0v) is 13.3. The van der Waals surface area contributed by atoms with Crippen LogP contribution < -0.4 is 5.32 Å². The summed E-state index contributed by atoms with van der Waals surface area (Å²) in [5.41, 5.74) is 2.20. The highest BCUT2D eigenvalue weighted by molar-refractivity contribution is 6.31. The summed E-state index contributed by atoms with van der Waals surface area (Å²) in [4.78, 5) is 2.55. The molecule has 1 aromatic rings. The molecule has 2 aliphatic rings. The van der Waals surface area contributed by atoms with Gasteiger partial charge < -0.3 is 5.32 Å². The monoisotopic (exact) mass is 296 g/mol. The molecule has 2 saturated heterocycles. The molecule has 112 valence electrons. The van der Waals surface area contributed by atoms with Crippen LogP contribution in [0.25, 0.3) is 0 Å². The van der Waals surface area contributed by atoms with Crippen molar-refractivity contribution >= 4 is 11.6 Å². The summed E-state index contributed by atoms with van der Waals surface area (Å²) in [6.07, 6.45) is 4.86. The molecule has 1 N–H and O–H groups in total. The molecule has 2 unspecified atom stereocenters. The summed E-state index contributed by atoms with van der Waals surface area (Å²) in [7, 11) is 2.01. The number of likely N-dealkylation sites (tertiary alicyclic amines) is 1. The van der Waals surface area contributed by atoms with E-state index in [1.54, 1.807) is 0 Å². The first-order chi connectivity index (χ1) is 9.69. The van der Waals surface area contributed by atoms with Crippen molar-refractivity contribution in [2.45, 2.75) is 45.2 Å². The van der Waals surface area contributed by atoms with Crippen molar-refractivity contribution in [1.29, 1.82) is 0 Å². The Bertz CT molecular complexity index is 471. The van der Waals surface area contributed by atoms with E-state index in [9.17, 15) is 0 Å². The van der Waals surface area contributed by atoms with Crippen LogP contribution in [0.2, 0.25) is 5.02 Å². The molecule has 0 aliphatic carbocycles. The maximum Gasteiger partial charge on any atom is 0.0863 e. The lowest BCUT2D eigenvalue weighted by Crippen LogP contribution is -2.51. The van der Waals surface area contributed by atoms with E-state index in [4.69, 9.17) is 11.6 Å². The molecule has 0 amide bonds.